The Kier molecular flexibility index (Phi) is 5.46. The highest BCUT2D eigenvalue weighted by atomic mass is 16.5. The van der Waals surface area contributed by atoms with Gasteiger partial charge < -0.3 is 14.6 Å². The molecule has 0 fully saturated rings. The fraction of sp³-hybridized carbons (Fsp3) is 0.400. The minimum Gasteiger partial charge on any atom is -0.506 e. The third kappa shape index (κ3) is 3.59. The van der Waals surface area contributed by atoms with E-state index in [0.717, 1.165) is 0 Å². The highest BCUT2D eigenvalue weighted by molar-refractivity contribution is 6.05. The lowest BCUT2D eigenvalue weighted by molar-refractivity contribution is -0.141. The molecule has 1 aromatic carbocycles. The zero-order valence-corrected chi connectivity index (χ0v) is 12.4. The van der Waals surface area contributed by atoms with Gasteiger partial charge >= 0.3 is 11.9 Å². The molecule has 1 atom stereocenters. The minimum atomic E-state index is -0.722. The van der Waals surface area contributed by atoms with Gasteiger partial charge in [0.25, 0.3) is 0 Å². The van der Waals surface area contributed by atoms with Crippen LogP contribution >= 0.6 is 0 Å². The van der Waals surface area contributed by atoms with Crippen molar-refractivity contribution in [2.24, 2.45) is 5.92 Å². The topological polar surface area (TPSA) is 89.9 Å². The van der Waals surface area contributed by atoms with E-state index < -0.39 is 29.4 Å². The Hall–Kier alpha value is -2.37. The van der Waals surface area contributed by atoms with Gasteiger partial charge in [-0.25, -0.2) is 4.79 Å². The number of rotatable bonds is 5. The number of hydrogen-bond donors (Lipinski definition) is 1. The van der Waals surface area contributed by atoms with Crippen molar-refractivity contribution < 1.29 is 29.0 Å². The van der Waals surface area contributed by atoms with Gasteiger partial charge in [0.15, 0.2) is 5.78 Å². The maximum Gasteiger partial charge on any atom is 0.341 e. The van der Waals surface area contributed by atoms with Gasteiger partial charge in [-0.05, 0) is 18.6 Å². The molecule has 1 N–H and O–H groups in total. The number of carbonyl (C=O) groups excluding carboxylic acids is 3. The van der Waals surface area contributed by atoms with Gasteiger partial charge in [0.1, 0.15) is 11.3 Å². The molecule has 0 aliphatic rings. The number of esters is 2. The van der Waals surface area contributed by atoms with Crippen molar-refractivity contribution in [2.45, 2.75) is 20.3 Å². The van der Waals surface area contributed by atoms with E-state index in [4.69, 9.17) is 0 Å². The third-order valence-corrected chi connectivity index (χ3v) is 3.19. The van der Waals surface area contributed by atoms with Gasteiger partial charge in [-0.1, -0.05) is 13.0 Å². The normalized spacial score (nSPS) is 11.6. The number of phenolic OH excluding ortho intramolecular Hbond substituents is 1. The quantitative estimate of drug-likeness (QED) is 0.658. The van der Waals surface area contributed by atoms with Crippen LogP contribution in [0.4, 0.5) is 0 Å². The average Bonchev–Trinajstić information content (AvgIpc) is 2.46. The number of methoxy groups -OCH3 is 2. The first-order valence-corrected chi connectivity index (χ1v) is 6.35. The molecule has 0 aromatic heterocycles. The lowest BCUT2D eigenvalue weighted by Gasteiger charge is -2.13. The molecule has 1 rings (SSSR count). The second kappa shape index (κ2) is 6.88. The highest BCUT2D eigenvalue weighted by Crippen LogP contribution is 2.29. The summed E-state index contributed by atoms with van der Waals surface area (Å²) in [5, 5.41) is 10.1. The number of carbonyl (C=O) groups is 3. The zero-order valence-electron chi connectivity index (χ0n) is 12.4. The molecule has 1 unspecified atom stereocenters. The standard InChI is InChI=1S/C15H18O6/c1-8-5-6-10(14(18)12(8)15(19)21-4)13(17)9(2)7-11(16)20-3/h5-6,9,18H,7H2,1-4H3. The predicted octanol–water partition coefficient (Wildman–Crippen LogP) is 1.87. The molecule has 114 valence electrons. The maximum atomic E-state index is 12.3. The summed E-state index contributed by atoms with van der Waals surface area (Å²) < 4.78 is 9.10. The van der Waals surface area contributed by atoms with Crippen LogP contribution in [0.3, 0.4) is 0 Å². The molecule has 1 aromatic rings. The van der Waals surface area contributed by atoms with Gasteiger partial charge in [0.2, 0.25) is 0 Å². The largest absolute Gasteiger partial charge is 0.506 e. The lowest BCUT2D eigenvalue weighted by Crippen LogP contribution is -2.18. The summed E-state index contributed by atoms with van der Waals surface area (Å²) in [4.78, 5) is 35.1. The van der Waals surface area contributed by atoms with Gasteiger partial charge in [-0.2, -0.15) is 0 Å². The van der Waals surface area contributed by atoms with E-state index in [1.54, 1.807) is 19.9 Å². The number of aryl methyl sites for hydroxylation is 1. The first-order valence-electron chi connectivity index (χ1n) is 6.35. The van der Waals surface area contributed by atoms with Crippen LogP contribution in [0.15, 0.2) is 12.1 Å². The summed E-state index contributed by atoms with van der Waals surface area (Å²) in [6.07, 6.45) is -0.101. The Morgan fingerprint density at radius 2 is 1.81 bits per heavy atom. The average molecular weight is 294 g/mol. The lowest BCUT2D eigenvalue weighted by atomic mass is 9.93. The number of ketones is 1. The van der Waals surface area contributed by atoms with Crippen molar-refractivity contribution in [3.05, 3.63) is 28.8 Å². The number of Topliss-reactive ketones (excluding diaryl/α,β-unsaturated/α-hetero) is 1. The van der Waals surface area contributed by atoms with Crippen molar-refractivity contribution in [3.8, 4) is 5.75 Å². The summed E-state index contributed by atoms with van der Waals surface area (Å²) >= 11 is 0. The number of phenols is 1. The molecule has 0 spiro atoms. The Labute approximate surface area is 122 Å². The fourth-order valence-corrected chi connectivity index (χ4v) is 1.94. The van der Waals surface area contributed by atoms with Crippen LogP contribution < -0.4 is 0 Å². The summed E-state index contributed by atoms with van der Waals surface area (Å²) in [5.41, 5.74) is 0.433. The van der Waals surface area contributed by atoms with Gasteiger partial charge in [0, 0.05) is 5.92 Å². The van der Waals surface area contributed by atoms with Crippen molar-refractivity contribution >= 4 is 17.7 Å². The molecule has 0 amide bonds. The molecule has 0 saturated heterocycles. The maximum absolute atomic E-state index is 12.3. The summed E-state index contributed by atoms with van der Waals surface area (Å²) in [7, 11) is 2.42. The van der Waals surface area contributed by atoms with E-state index in [1.807, 2.05) is 0 Å². The SMILES string of the molecule is COC(=O)CC(C)C(=O)c1ccc(C)c(C(=O)OC)c1O. The van der Waals surface area contributed by atoms with Crippen LogP contribution in [-0.4, -0.2) is 37.0 Å². The van der Waals surface area contributed by atoms with E-state index in [9.17, 15) is 19.5 Å². The molecular weight excluding hydrogens is 276 g/mol. The molecule has 0 heterocycles. The molecule has 0 radical (unpaired) electrons. The molecule has 6 heteroatoms. The van der Waals surface area contributed by atoms with Gasteiger partial charge in [-0.15, -0.1) is 0 Å². The first kappa shape index (κ1) is 16.7. The highest BCUT2D eigenvalue weighted by Gasteiger charge is 2.25. The number of benzene rings is 1. The number of hydrogen-bond acceptors (Lipinski definition) is 6. The van der Waals surface area contributed by atoms with E-state index in [2.05, 4.69) is 9.47 Å². The monoisotopic (exact) mass is 294 g/mol. The van der Waals surface area contributed by atoms with Crippen molar-refractivity contribution in [3.63, 3.8) is 0 Å². The smallest absolute Gasteiger partial charge is 0.341 e. The van der Waals surface area contributed by atoms with Crippen molar-refractivity contribution in [1.29, 1.82) is 0 Å². The van der Waals surface area contributed by atoms with E-state index in [0.29, 0.717) is 5.56 Å². The number of ether oxygens (including phenoxy) is 2. The second-order valence-electron chi connectivity index (χ2n) is 4.69. The van der Waals surface area contributed by atoms with Crippen LogP contribution in [0.5, 0.6) is 5.75 Å². The van der Waals surface area contributed by atoms with E-state index in [1.165, 1.54) is 20.3 Å². The summed E-state index contributed by atoms with van der Waals surface area (Å²) in [6, 6.07) is 2.97. The fourth-order valence-electron chi connectivity index (χ4n) is 1.94. The Morgan fingerprint density at radius 3 is 2.33 bits per heavy atom. The second-order valence-corrected chi connectivity index (χ2v) is 4.69. The Morgan fingerprint density at radius 1 is 1.19 bits per heavy atom. The summed E-state index contributed by atoms with van der Waals surface area (Å²) in [6.45, 7) is 3.18. The minimum absolute atomic E-state index is 0.0163. The number of aromatic hydroxyl groups is 1. The van der Waals surface area contributed by atoms with Crippen LogP contribution in [-0.2, 0) is 14.3 Å². The molecule has 0 saturated carbocycles. The Bertz CT molecular complexity index is 576. The van der Waals surface area contributed by atoms with E-state index in [-0.39, 0.29) is 17.5 Å². The van der Waals surface area contributed by atoms with Crippen LogP contribution in [0, 0.1) is 12.8 Å². The molecular formula is C15H18O6. The molecule has 21 heavy (non-hydrogen) atoms. The molecule has 0 bridgehead atoms. The van der Waals surface area contributed by atoms with Gasteiger partial charge in [-0.3, -0.25) is 9.59 Å². The van der Waals surface area contributed by atoms with E-state index >= 15 is 0 Å². The van der Waals surface area contributed by atoms with Crippen LogP contribution in [0.25, 0.3) is 0 Å². The third-order valence-electron chi connectivity index (χ3n) is 3.19. The molecule has 6 nitrogen and oxygen atoms in total. The van der Waals surface area contributed by atoms with Gasteiger partial charge in [0.05, 0.1) is 26.2 Å². The van der Waals surface area contributed by atoms with Crippen molar-refractivity contribution in [1.82, 2.24) is 0 Å². The van der Waals surface area contributed by atoms with Crippen molar-refractivity contribution in [2.75, 3.05) is 14.2 Å². The Balaban J connectivity index is 3.17. The molecule has 0 aliphatic heterocycles. The van der Waals surface area contributed by atoms with Crippen LogP contribution in [0.2, 0.25) is 0 Å². The first-order chi connectivity index (χ1) is 9.83. The molecule has 0 aliphatic carbocycles. The summed E-state index contributed by atoms with van der Waals surface area (Å²) in [5.74, 6) is -2.78. The zero-order chi connectivity index (χ0) is 16.2. The van der Waals surface area contributed by atoms with Crippen LogP contribution in [0.1, 0.15) is 39.6 Å². The predicted molar refractivity (Wildman–Crippen MR) is 74.3 cm³/mol.